The molecule has 1 heterocycles. The van der Waals surface area contributed by atoms with Gasteiger partial charge in [0.1, 0.15) is 0 Å². The summed E-state index contributed by atoms with van der Waals surface area (Å²) in [5.74, 6) is -0.339. The van der Waals surface area contributed by atoms with Crippen molar-refractivity contribution in [2.45, 2.75) is 31.9 Å². The summed E-state index contributed by atoms with van der Waals surface area (Å²) in [5.41, 5.74) is 1.17. The maximum Gasteiger partial charge on any atom is 0.337 e. The number of ether oxygens (including phenoxy) is 1. The van der Waals surface area contributed by atoms with Gasteiger partial charge >= 0.3 is 5.97 Å². The van der Waals surface area contributed by atoms with Crippen LogP contribution >= 0.6 is 0 Å². The molecule has 1 N–H and O–H groups in total. The molecule has 0 amide bonds. The number of esters is 1. The van der Waals surface area contributed by atoms with Crippen molar-refractivity contribution in [1.82, 2.24) is 0 Å². The van der Waals surface area contributed by atoms with Crippen molar-refractivity contribution in [3.8, 4) is 0 Å². The molecule has 4 heteroatoms. The quantitative estimate of drug-likeness (QED) is 0.812. The lowest BCUT2D eigenvalue weighted by Gasteiger charge is -2.35. The number of aliphatic hydroxyl groups excluding tert-OH is 1. The Balaban J connectivity index is 2.32. The molecule has 0 aliphatic carbocycles. The molecule has 1 unspecified atom stereocenters. The van der Waals surface area contributed by atoms with Gasteiger partial charge in [-0.05, 0) is 38.5 Å². The Hall–Kier alpha value is -1.55. The number of carbonyl (C=O) groups excluding carboxylic acids is 1. The minimum Gasteiger partial charge on any atom is -0.465 e. The number of carbonyl (C=O) groups is 1. The van der Waals surface area contributed by atoms with Gasteiger partial charge in [-0.1, -0.05) is 6.07 Å². The molecule has 1 fully saturated rings. The van der Waals surface area contributed by atoms with Crippen molar-refractivity contribution < 1.29 is 14.6 Å². The molecule has 1 aliphatic rings. The number of hydrogen-bond acceptors (Lipinski definition) is 4. The Morgan fingerprint density at radius 2 is 2.22 bits per heavy atom. The summed E-state index contributed by atoms with van der Waals surface area (Å²) in [4.78, 5) is 13.6. The van der Waals surface area contributed by atoms with E-state index in [4.69, 9.17) is 4.74 Å². The number of nitrogens with zero attached hydrogens (tertiary/aromatic N) is 1. The summed E-state index contributed by atoms with van der Waals surface area (Å²) in [6.07, 6.45) is 0.398. The van der Waals surface area contributed by atoms with Gasteiger partial charge in [0, 0.05) is 12.2 Å². The van der Waals surface area contributed by atoms with Crippen LogP contribution in [0.15, 0.2) is 24.3 Å². The fraction of sp³-hybridized carbons (Fsp3) is 0.500. The van der Waals surface area contributed by atoms with Gasteiger partial charge < -0.3 is 14.7 Å². The zero-order valence-corrected chi connectivity index (χ0v) is 11.0. The molecular formula is C14H19NO3. The number of rotatable bonds is 2. The number of aliphatic hydroxyl groups is 1. The highest BCUT2D eigenvalue weighted by molar-refractivity contribution is 5.90. The minimum absolute atomic E-state index is 0.311. The topological polar surface area (TPSA) is 49.8 Å². The molecule has 1 saturated heterocycles. The molecule has 0 spiro atoms. The van der Waals surface area contributed by atoms with Crippen LogP contribution in [0.1, 0.15) is 30.6 Å². The van der Waals surface area contributed by atoms with Crippen molar-refractivity contribution in [1.29, 1.82) is 0 Å². The van der Waals surface area contributed by atoms with E-state index in [-0.39, 0.29) is 17.6 Å². The van der Waals surface area contributed by atoms with Crippen LogP contribution in [0.2, 0.25) is 0 Å². The minimum atomic E-state index is -0.348. The van der Waals surface area contributed by atoms with E-state index in [0.29, 0.717) is 5.56 Å². The third-order valence-electron chi connectivity index (χ3n) is 3.72. The summed E-state index contributed by atoms with van der Waals surface area (Å²) >= 11 is 0. The van der Waals surface area contributed by atoms with E-state index >= 15 is 0 Å². The summed E-state index contributed by atoms with van der Waals surface area (Å²) in [6.45, 7) is 4.81. The highest BCUT2D eigenvalue weighted by Crippen LogP contribution is 2.34. The molecule has 18 heavy (non-hydrogen) atoms. The molecule has 0 bridgehead atoms. The fourth-order valence-electron chi connectivity index (χ4n) is 2.45. The normalized spacial score (nSPS) is 22.0. The van der Waals surface area contributed by atoms with Crippen molar-refractivity contribution in [3.63, 3.8) is 0 Å². The molecule has 1 aliphatic heterocycles. The van der Waals surface area contributed by atoms with Crippen molar-refractivity contribution in [2.75, 3.05) is 18.6 Å². The second kappa shape index (κ2) is 4.61. The fourth-order valence-corrected chi connectivity index (χ4v) is 2.45. The smallest absolute Gasteiger partial charge is 0.337 e. The average Bonchev–Trinajstić information content (AvgIpc) is 2.63. The van der Waals surface area contributed by atoms with Crippen LogP contribution in [0.25, 0.3) is 0 Å². The van der Waals surface area contributed by atoms with Gasteiger partial charge in [0.05, 0.1) is 24.3 Å². The van der Waals surface area contributed by atoms with Crippen molar-refractivity contribution in [3.05, 3.63) is 29.8 Å². The van der Waals surface area contributed by atoms with Gasteiger partial charge in [0.15, 0.2) is 0 Å². The molecule has 4 nitrogen and oxygen atoms in total. The molecule has 1 aromatic rings. The Bertz CT molecular complexity index is 456. The maximum atomic E-state index is 11.5. The van der Waals surface area contributed by atoms with Crippen LogP contribution in [0.5, 0.6) is 0 Å². The highest BCUT2D eigenvalue weighted by Gasteiger charge is 2.40. The molecule has 1 atom stereocenters. The van der Waals surface area contributed by atoms with Crippen LogP contribution in [-0.4, -0.2) is 36.4 Å². The van der Waals surface area contributed by atoms with Crippen LogP contribution in [-0.2, 0) is 4.74 Å². The predicted octanol–water partition coefficient (Wildman–Crippen LogP) is 1.82. The van der Waals surface area contributed by atoms with Crippen LogP contribution in [0.3, 0.4) is 0 Å². The van der Waals surface area contributed by atoms with E-state index in [9.17, 15) is 9.90 Å². The van der Waals surface area contributed by atoms with Crippen LogP contribution in [0.4, 0.5) is 5.69 Å². The number of methoxy groups -OCH3 is 1. The van der Waals surface area contributed by atoms with E-state index in [0.717, 1.165) is 18.7 Å². The summed E-state index contributed by atoms with van der Waals surface area (Å²) < 4.78 is 4.72. The Kier molecular flexibility index (Phi) is 3.30. The first-order valence-electron chi connectivity index (χ1n) is 6.11. The zero-order chi connectivity index (χ0) is 13.3. The molecule has 2 rings (SSSR count). The number of hydrogen-bond donors (Lipinski definition) is 1. The predicted molar refractivity (Wildman–Crippen MR) is 69.8 cm³/mol. The first kappa shape index (κ1) is 12.9. The third kappa shape index (κ3) is 2.08. The van der Waals surface area contributed by atoms with E-state index in [1.165, 1.54) is 7.11 Å². The number of anilines is 1. The van der Waals surface area contributed by atoms with Crippen LogP contribution < -0.4 is 4.90 Å². The van der Waals surface area contributed by atoms with Crippen molar-refractivity contribution in [2.24, 2.45) is 0 Å². The van der Waals surface area contributed by atoms with Crippen LogP contribution in [0, 0.1) is 0 Å². The monoisotopic (exact) mass is 249 g/mol. The van der Waals surface area contributed by atoms with E-state index in [1.807, 2.05) is 32.0 Å². The zero-order valence-electron chi connectivity index (χ0n) is 11.0. The second-order valence-corrected chi connectivity index (χ2v) is 5.15. The maximum absolute atomic E-state index is 11.5. The molecule has 98 valence electrons. The van der Waals surface area contributed by atoms with Gasteiger partial charge in [0.2, 0.25) is 0 Å². The van der Waals surface area contributed by atoms with E-state index in [2.05, 4.69) is 4.90 Å². The van der Waals surface area contributed by atoms with Gasteiger partial charge in [0.25, 0.3) is 0 Å². The first-order valence-corrected chi connectivity index (χ1v) is 6.11. The lowest BCUT2D eigenvalue weighted by atomic mass is 9.98. The molecular weight excluding hydrogens is 230 g/mol. The highest BCUT2D eigenvalue weighted by atomic mass is 16.5. The van der Waals surface area contributed by atoms with E-state index in [1.54, 1.807) is 6.07 Å². The second-order valence-electron chi connectivity index (χ2n) is 5.15. The van der Waals surface area contributed by atoms with Gasteiger partial charge in [-0.25, -0.2) is 4.79 Å². The van der Waals surface area contributed by atoms with Gasteiger partial charge in [-0.2, -0.15) is 0 Å². The molecule has 0 saturated carbocycles. The summed E-state index contributed by atoms with van der Waals surface area (Å²) in [7, 11) is 1.37. The lowest BCUT2D eigenvalue weighted by molar-refractivity contribution is 0.0600. The largest absolute Gasteiger partial charge is 0.465 e. The first-order chi connectivity index (χ1) is 8.46. The lowest BCUT2D eigenvalue weighted by Crippen LogP contribution is -2.45. The Labute approximate surface area is 107 Å². The SMILES string of the molecule is COC(=O)c1cccc(N2CCC(O)C2(C)C)c1. The van der Waals surface area contributed by atoms with Gasteiger partial charge in [-0.15, -0.1) is 0 Å². The Morgan fingerprint density at radius 1 is 1.50 bits per heavy atom. The standard InChI is InChI=1S/C14H19NO3/c1-14(2)12(16)7-8-15(14)11-6-4-5-10(9-11)13(17)18-3/h4-6,9,12,16H,7-8H2,1-3H3. The Morgan fingerprint density at radius 3 is 2.78 bits per heavy atom. The molecule has 0 radical (unpaired) electrons. The molecule has 1 aromatic carbocycles. The van der Waals surface area contributed by atoms with E-state index < -0.39 is 0 Å². The molecule has 0 aromatic heterocycles. The third-order valence-corrected chi connectivity index (χ3v) is 3.72. The average molecular weight is 249 g/mol. The summed E-state index contributed by atoms with van der Waals surface area (Å²) in [5, 5.41) is 9.98. The van der Waals surface area contributed by atoms with Crippen molar-refractivity contribution >= 4 is 11.7 Å². The van der Waals surface area contributed by atoms with Gasteiger partial charge in [-0.3, -0.25) is 0 Å². The summed E-state index contributed by atoms with van der Waals surface area (Å²) in [6, 6.07) is 7.33. The number of benzene rings is 1.